The minimum atomic E-state index is -0.895. The number of Topliss-reactive ketones (excluding diaryl/α,β-unsaturated/α-hetero) is 1. The lowest BCUT2D eigenvalue weighted by Gasteiger charge is -2.13. The second-order valence-electron chi connectivity index (χ2n) is 4.77. The largest absolute Gasteiger partial charge is 0.484 e. The zero-order valence-electron chi connectivity index (χ0n) is 12.1. The van der Waals surface area contributed by atoms with Crippen molar-refractivity contribution in [1.82, 2.24) is 5.32 Å². The first-order valence-corrected chi connectivity index (χ1v) is 6.63. The second kappa shape index (κ2) is 8.04. The molecule has 0 aliphatic heterocycles. The van der Waals surface area contributed by atoms with Gasteiger partial charge in [0.2, 0.25) is 0 Å². The van der Waals surface area contributed by atoms with Crippen molar-refractivity contribution < 1.29 is 24.2 Å². The lowest BCUT2D eigenvalue weighted by atomic mass is 10.1. The second-order valence-corrected chi connectivity index (χ2v) is 4.77. The fourth-order valence-corrected chi connectivity index (χ4v) is 1.68. The molecule has 0 radical (unpaired) electrons. The molecule has 0 saturated heterocycles. The summed E-state index contributed by atoms with van der Waals surface area (Å²) in [7, 11) is 0. The van der Waals surface area contributed by atoms with Crippen molar-refractivity contribution in [2.24, 2.45) is 0 Å². The molecule has 0 aliphatic carbocycles. The standard InChI is InChI=1S/C15H19NO5/c1-10(6-7-15(19)20)16-14(18)9-21-13-5-3-4-12(8-13)11(2)17/h3-5,8,10H,6-7,9H2,1-2H3,(H,16,18)(H,19,20). The predicted octanol–water partition coefficient (Wildman–Crippen LogP) is 1.64. The van der Waals surface area contributed by atoms with E-state index in [4.69, 9.17) is 9.84 Å². The van der Waals surface area contributed by atoms with Gasteiger partial charge in [-0.3, -0.25) is 14.4 Å². The van der Waals surface area contributed by atoms with E-state index in [-0.39, 0.29) is 30.8 Å². The van der Waals surface area contributed by atoms with Crippen LogP contribution in [0, 0.1) is 0 Å². The Morgan fingerprint density at radius 3 is 2.67 bits per heavy atom. The molecular formula is C15H19NO5. The maximum absolute atomic E-state index is 11.6. The van der Waals surface area contributed by atoms with Crippen molar-refractivity contribution >= 4 is 17.7 Å². The summed E-state index contributed by atoms with van der Waals surface area (Å²) in [5.74, 6) is -0.863. The summed E-state index contributed by atoms with van der Waals surface area (Å²) >= 11 is 0. The zero-order valence-corrected chi connectivity index (χ0v) is 12.1. The number of hydrogen-bond donors (Lipinski definition) is 2. The summed E-state index contributed by atoms with van der Waals surface area (Å²) in [4.78, 5) is 33.3. The number of hydrogen-bond acceptors (Lipinski definition) is 4. The van der Waals surface area contributed by atoms with Crippen LogP contribution in [-0.2, 0) is 9.59 Å². The van der Waals surface area contributed by atoms with Crippen molar-refractivity contribution in [1.29, 1.82) is 0 Å². The Kier molecular flexibility index (Phi) is 6.39. The maximum atomic E-state index is 11.6. The molecule has 1 aromatic carbocycles. The van der Waals surface area contributed by atoms with Crippen molar-refractivity contribution in [3.8, 4) is 5.75 Å². The summed E-state index contributed by atoms with van der Waals surface area (Å²) in [6, 6.07) is 6.35. The number of nitrogens with one attached hydrogen (secondary N) is 1. The molecule has 6 nitrogen and oxygen atoms in total. The number of aliphatic carboxylic acids is 1. The highest BCUT2D eigenvalue weighted by molar-refractivity contribution is 5.94. The van der Waals surface area contributed by atoms with Crippen LogP contribution in [0.2, 0.25) is 0 Å². The Bertz CT molecular complexity index is 527. The van der Waals surface area contributed by atoms with Crippen LogP contribution in [0.15, 0.2) is 24.3 Å². The molecule has 1 atom stereocenters. The Morgan fingerprint density at radius 1 is 1.33 bits per heavy atom. The van der Waals surface area contributed by atoms with Gasteiger partial charge in [-0.25, -0.2) is 0 Å². The lowest BCUT2D eigenvalue weighted by molar-refractivity contribution is -0.137. The molecule has 0 spiro atoms. The van der Waals surface area contributed by atoms with E-state index in [0.717, 1.165) is 0 Å². The van der Waals surface area contributed by atoms with Crippen molar-refractivity contribution in [2.75, 3.05) is 6.61 Å². The molecule has 0 aromatic heterocycles. The molecule has 0 fully saturated rings. The summed E-state index contributed by atoms with van der Waals surface area (Å²) in [5, 5.41) is 11.2. The number of rotatable bonds is 8. The van der Waals surface area contributed by atoms with Gasteiger partial charge in [-0.2, -0.15) is 0 Å². The molecule has 114 valence electrons. The van der Waals surface area contributed by atoms with E-state index in [1.807, 2.05) is 0 Å². The molecule has 1 rings (SSSR count). The predicted molar refractivity (Wildman–Crippen MR) is 76.4 cm³/mol. The van der Waals surface area contributed by atoms with Gasteiger partial charge in [0.05, 0.1) is 0 Å². The smallest absolute Gasteiger partial charge is 0.303 e. The Hall–Kier alpha value is -2.37. The van der Waals surface area contributed by atoms with E-state index in [9.17, 15) is 14.4 Å². The summed E-state index contributed by atoms with van der Waals surface area (Å²) < 4.78 is 5.30. The average Bonchev–Trinajstić information content (AvgIpc) is 2.43. The minimum Gasteiger partial charge on any atom is -0.484 e. The van der Waals surface area contributed by atoms with Crippen LogP contribution in [-0.4, -0.2) is 35.4 Å². The van der Waals surface area contributed by atoms with Crippen LogP contribution >= 0.6 is 0 Å². The first-order valence-electron chi connectivity index (χ1n) is 6.63. The van der Waals surface area contributed by atoms with Gasteiger partial charge >= 0.3 is 5.97 Å². The van der Waals surface area contributed by atoms with E-state index < -0.39 is 5.97 Å². The molecule has 21 heavy (non-hydrogen) atoms. The van der Waals surface area contributed by atoms with Gasteiger partial charge in [0.25, 0.3) is 5.91 Å². The molecule has 0 heterocycles. The average molecular weight is 293 g/mol. The highest BCUT2D eigenvalue weighted by Gasteiger charge is 2.10. The molecule has 0 bridgehead atoms. The number of ketones is 1. The third-order valence-electron chi connectivity index (χ3n) is 2.81. The number of benzene rings is 1. The number of ether oxygens (including phenoxy) is 1. The summed E-state index contributed by atoms with van der Waals surface area (Å²) in [6.45, 7) is 3.01. The van der Waals surface area contributed by atoms with E-state index >= 15 is 0 Å². The summed E-state index contributed by atoms with van der Waals surface area (Å²) in [5.41, 5.74) is 0.516. The van der Waals surface area contributed by atoms with Gasteiger partial charge < -0.3 is 15.2 Å². The minimum absolute atomic E-state index is 0.00294. The zero-order chi connectivity index (χ0) is 15.8. The van der Waals surface area contributed by atoms with Crippen LogP contribution in [0.25, 0.3) is 0 Å². The topological polar surface area (TPSA) is 92.7 Å². The normalized spacial score (nSPS) is 11.5. The Balaban J connectivity index is 2.40. The maximum Gasteiger partial charge on any atom is 0.303 e. The SMILES string of the molecule is CC(=O)c1cccc(OCC(=O)NC(C)CCC(=O)O)c1. The third kappa shape index (κ3) is 6.56. The van der Waals surface area contributed by atoms with Crippen molar-refractivity contribution in [2.45, 2.75) is 32.7 Å². The van der Waals surface area contributed by atoms with Gasteiger partial charge in [0.1, 0.15) is 5.75 Å². The van der Waals surface area contributed by atoms with Crippen molar-refractivity contribution in [3.63, 3.8) is 0 Å². The van der Waals surface area contributed by atoms with Crippen LogP contribution in [0.5, 0.6) is 5.75 Å². The van der Waals surface area contributed by atoms with E-state index in [1.54, 1.807) is 31.2 Å². The highest BCUT2D eigenvalue weighted by atomic mass is 16.5. The molecular weight excluding hydrogens is 274 g/mol. The molecule has 6 heteroatoms. The first-order chi connectivity index (χ1) is 9.88. The Morgan fingerprint density at radius 2 is 2.05 bits per heavy atom. The van der Waals surface area contributed by atoms with Gasteiger partial charge in [0.15, 0.2) is 12.4 Å². The third-order valence-corrected chi connectivity index (χ3v) is 2.81. The quantitative estimate of drug-likeness (QED) is 0.711. The lowest BCUT2D eigenvalue weighted by Crippen LogP contribution is -2.36. The number of carbonyl (C=O) groups excluding carboxylic acids is 2. The van der Waals surface area contributed by atoms with Crippen LogP contribution in [0.4, 0.5) is 0 Å². The monoisotopic (exact) mass is 293 g/mol. The van der Waals surface area contributed by atoms with Gasteiger partial charge in [-0.15, -0.1) is 0 Å². The highest BCUT2D eigenvalue weighted by Crippen LogP contribution is 2.13. The fourth-order valence-electron chi connectivity index (χ4n) is 1.68. The van der Waals surface area contributed by atoms with Crippen LogP contribution in [0.3, 0.4) is 0 Å². The van der Waals surface area contributed by atoms with Crippen LogP contribution in [0.1, 0.15) is 37.0 Å². The molecule has 1 unspecified atom stereocenters. The molecule has 0 saturated carbocycles. The molecule has 0 aliphatic rings. The first kappa shape index (κ1) is 16.7. The Labute approximate surface area is 123 Å². The molecule has 2 N–H and O–H groups in total. The number of amides is 1. The number of carbonyl (C=O) groups is 3. The van der Waals surface area contributed by atoms with E-state index in [1.165, 1.54) is 6.92 Å². The number of carboxylic acid groups (broad SMARTS) is 1. The van der Waals surface area contributed by atoms with Crippen LogP contribution < -0.4 is 10.1 Å². The molecule has 1 aromatic rings. The van der Waals surface area contributed by atoms with Crippen molar-refractivity contribution in [3.05, 3.63) is 29.8 Å². The molecule has 1 amide bonds. The van der Waals surface area contributed by atoms with Gasteiger partial charge in [-0.05, 0) is 32.4 Å². The van der Waals surface area contributed by atoms with E-state index in [2.05, 4.69) is 5.32 Å². The number of carboxylic acids is 1. The van der Waals surface area contributed by atoms with E-state index in [0.29, 0.717) is 17.7 Å². The van der Waals surface area contributed by atoms with Gasteiger partial charge in [0, 0.05) is 18.0 Å². The summed E-state index contributed by atoms with van der Waals surface area (Å²) in [6.07, 6.45) is 0.365. The van der Waals surface area contributed by atoms with Gasteiger partial charge in [-0.1, -0.05) is 12.1 Å². The fraction of sp³-hybridized carbons (Fsp3) is 0.400.